The van der Waals surface area contributed by atoms with Crippen LogP contribution in [-0.4, -0.2) is 36.8 Å². The molecule has 0 saturated heterocycles. The quantitative estimate of drug-likeness (QED) is 0.811. The highest BCUT2D eigenvalue weighted by Gasteiger charge is 2.24. The van der Waals surface area contributed by atoms with Crippen molar-refractivity contribution in [3.63, 3.8) is 0 Å². The summed E-state index contributed by atoms with van der Waals surface area (Å²) in [6, 6.07) is 5.70. The maximum absolute atomic E-state index is 12.1. The molecule has 22 heavy (non-hydrogen) atoms. The molecule has 5 heteroatoms. The van der Waals surface area contributed by atoms with Crippen LogP contribution in [0, 0.1) is 0 Å². The maximum Gasteiger partial charge on any atom is 0.410 e. The van der Waals surface area contributed by atoms with E-state index >= 15 is 0 Å². The first kappa shape index (κ1) is 16.7. The summed E-state index contributed by atoms with van der Waals surface area (Å²) < 4.78 is 10.8. The Labute approximate surface area is 136 Å². The molecule has 2 rings (SSSR count). The zero-order valence-corrected chi connectivity index (χ0v) is 14.2. The van der Waals surface area contributed by atoms with Gasteiger partial charge in [0.15, 0.2) is 0 Å². The molecule has 1 amide bonds. The Morgan fingerprint density at radius 1 is 1.32 bits per heavy atom. The van der Waals surface area contributed by atoms with Crippen molar-refractivity contribution < 1.29 is 14.3 Å². The first-order chi connectivity index (χ1) is 10.3. The molecule has 0 N–H and O–H groups in total. The fraction of sp³-hybridized carbons (Fsp3) is 0.471. The van der Waals surface area contributed by atoms with Crippen molar-refractivity contribution in [1.82, 2.24) is 4.90 Å². The Kier molecular flexibility index (Phi) is 5.01. The minimum atomic E-state index is -0.475. The third kappa shape index (κ3) is 3.95. The summed E-state index contributed by atoms with van der Waals surface area (Å²) in [6.45, 7) is 6.75. The largest absolute Gasteiger partial charge is 0.495 e. The smallest absolute Gasteiger partial charge is 0.410 e. The summed E-state index contributed by atoms with van der Waals surface area (Å²) in [5.74, 6) is 0.682. The number of carbonyl (C=O) groups is 1. The van der Waals surface area contributed by atoms with Gasteiger partial charge in [0.25, 0.3) is 0 Å². The van der Waals surface area contributed by atoms with Crippen LogP contribution < -0.4 is 4.74 Å². The number of halogens is 1. The van der Waals surface area contributed by atoms with Crippen LogP contribution in [0.2, 0.25) is 5.02 Å². The Bertz CT molecular complexity index is 590. The summed E-state index contributed by atoms with van der Waals surface area (Å²) in [5.41, 5.74) is 1.65. The fourth-order valence-electron chi connectivity index (χ4n) is 2.38. The van der Waals surface area contributed by atoms with Crippen molar-refractivity contribution in [3.05, 3.63) is 34.9 Å². The minimum Gasteiger partial charge on any atom is -0.495 e. The third-order valence-corrected chi connectivity index (χ3v) is 3.68. The van der Waals surface area contributed by atoms with Gasteiger partial charge in [-0.15, -0.1) is 0 Å². The van der Waals surface area contributed by atoms with E-state index in [-0.39, 0.29) is 6.09 Å². The molecule has 0 radical (unpaired) electrons. The minimum absolute atomic E-state index is 0.277. The molecule has 1 aromatic rings. The lowest BCUT2D eigenvalue weighted by atomic mass is 9.98. The Balaban J connectivity index is 2.12. The van der Waals surface area contributed by atoms with E-state index in [0.717, 1.165) is 17.6 Å². The average Bonchev–Trinajstić information content (AvgIpc) is 2.45. The van der Waals surface area contributed by atoms with Crippen molar-refractivity contribution in [2.45, 2.75) is 32.8 Å². The van der Waals surface area contributed by atoms with Gasteiger partial charge in [-0.05, 0) is 38.8 Å². The molecule has 4 nitrogen and oxygen atoms in total. The third-order valence-electron chi connectivity index (χ3n) is 3.38. The van der Waals surface area contributed by atoms with Gasteiger partial charge in [0.05, 0.1) is 12.1 Å². The molecule has 0 fully saturated rings. The zero-order chi connectivity index (χ0) is 16.3. The molecule has 0 unspecified atom stereocenters. The molecule has 0 bridgehead atoms. The molecular formula is C17H22ClNO3. The van der Waals surface area contributed by atoms with E-state index < -0.39 is 5.60 Å². The normalized spacial score (nSPS) is 15.3. The van der Waals surface area contributed by atoms with Gasteiger partial charge in [-0.2, -0.15) is 0 Å². The Hall–Kier alpha value is -1.68. The van der Waals surface area contributed by atoms with Gasteiger partial charge in [-0.1, -0.05) is 29.8 Å². The lowest BCUT2D eigenvalue weighted by Crippen LogP contribution is -2.39. The van der Waals surface area contributed by atoms with Crippen molar-refractivity contribution in [3.8, 4) is 5.75 Å². The Morgan fingerprint density at radius 2 is 2.05 bits per heavy atom. The summed E-state index contributed by atoms with van der Waals surface area (Å²) in [7, 11) is 1.61. The lowest BCUT2D eigenvalue weighted by Gasteiger charge is -2.30. The number of hydrogen-bond donors (Lipinski definition) is 0. The molecule has 1 aromatic carbocycles. The van der Waals surface area contributed by atoms with E-state index in [0.29, 0.717) is 23.9 Å². The standard InChI is InChI=1S/C17H22ClNO3/c1-17(2,3)22-16(20)19-10-8-12(9-11-19)13-6-5-7-14(18)15(13)21-4/h5-8H,9-11H2,1-4H3. The van der Waals surface area contributed by atoms with E-state index in [2.05, 4.69) is 0 Å². The highest BCUT2D eigenvalue weighted by atomic mass is 35.5. The number of amides is 1. The van der Waals surface area contributed by atoms with E-state index in [1.807, 2.05) is 39.0 Å². The van der Waals surface area contributed by atoms with E-state index in [4.69, 9.17) is 21.1 Å². The van der Waals surface area contributed by atoms with Crippen molar-refractivity contribution in [1.29, 1.82) is 0 Å². The van der Waals surface area contributed by atoms with Gasteiger partial charge in [0.1, 0.15) is 11.4 Å². The number of benzene rings is 1. The van der Waals surface area contributed by atoms with Crippen LogP contribution in [0.4, 0.5) is 4.79 Å². The van der Waals surface area contributed by atoms with Gasteiger partial charge in [0, 0.05) is 18.7 Å². The van der Waals surface area contributed by atoms with Gasteiger partial charge in [0.2, 0.25) is 0 Å². The number of carbonyl (C=O) groups excluding carboxylic acids is 1. The van der Waals surface area contributed by atoms with E-state index in [1.54, 1.807) is 18.1 Å². The number of hydrogen-bond acceptors (Lipinski definition) is 3. The molecule has 0 saturated carbocycles. The van der Waals surface area contributed by atoms with Gasteiger partial charge >= 0.3 is 6.09 Å². The maximum atomic E-state index is 12.1. The van der Waals surface area contributed by atoms with E-state index in [1.165, 1.54) is 0 Å². The number of nitrogens with zero attached hydrogens (tertiary/aromatic N) is 1. The molecule has 0 spiro atoms. The van der Waals surface area contributed by atoms with Crippen molar-refractivity contribution in [2.24, 2.45) is 0 Å². The number of para-hydroxylation sites is 1. The summed E-state index contributed by atoms with van der Waals surface area (Å²) >= 11 is 6.16. The molecule has 0 aliphatic carbocycles. The van der Waals surface area contributed by atoms with Crippen LogP contribution in [0.15, 0.2) is 24.3 Å². The predicted molar refractivity (Wildman–Crippen MR) is 88.4 cm³/mol. The van der Waals surface area contributed by atoms with Crippen LogP contribution in [0.1, 0.15) is 32.8 Å². The first-order valence-electron chi connectivity index (χ1n) is 7.31. The second-order valence-electron chi connectivity index (χ2n) is 6.23. The molecule has 1 heterocycles. The fourth-order valence-corrected chi connectivity index (χ4v) is 2.63. The second-order valence-corrected chi connectivity index (χ2v) is 6.63. The second kappa shape index (κ2) is 6.61. The first-order valence-corrected chi connectivity index (χ1v) is 7.69. The van der Waals surface area contributed by atoms with Crippen LogP contribution in [0.3, 0.4) is 0 Å². The molecule has 0 aromatic heterocycles. The molecular weight excluding hydrogens is 302 g/mol. The molecule has 1 aliphatic heterocycles. The topological polar surface area (TPSA) is 38.8 Å². The Morgan fingerprint density at radius 3 is 2.59 bits per heavy atom. The summed E-state index contributed by atoms with van der Waals surface area (Å²) in [6.07, 6.45) is 2.50. The predicted octanol–water partition coefficient (Wildman–Crippen LogP) is 4.37. The van der Waals surface area contributed by atoms with Gasteiger partial charge in [-0.25, -0.2) is 4.79 Å². The zero-order valence-electron chi connectivity index (χ0n) is 13.5. The lowest BCUT2D eigenvalue weighted by molar-refractivity contribution is 0.0270. The molecule has 1 aliphatic rings. The number of rotatable bonds is 2. The summed E-state index contributed by atoms with van der Waals surface area (Å²) in [4.78, 5) is 13.8. The number of ether oxygens (including phenoxy) is 2. The van der Waals surface area contributed by atoms with Crippen LogP contribution >= 0.6 is 11.6 Å². The van der Waals surface area contributed by atoms with Gasteiger partial charge < -0.3 is 14.4 Å². The average molecular weight is 324 g/mol. The highest BCUT2D eigenvalue weighted by Crippen LogP contribution is 2.35. The number of methoxy groups -OCH3 is 1. The summed E-state index contributed by atoms with van der Waals surface area (Å²) in [5, 5.41) is 0.593. The monoisotopic (exact) mass is 323 g/mol. The van der Waals surface area contributed by atoms with Crippen LogP contribution in [0.5, 0.6) is 5.75 Å². The molecule has 120 valence electrons. The van der Waals surface area contributed by atoms with E-state index in [9.17, 15) is 4.79 Å². The molecule has 0 atom stereocenters. The van der Waals surface area contributed by atoms with Crippen LogP contribution in [-0.2, 0) is 4.74 Å². The van der Waals surface area contributed by atoms with Crippen molar-refractivity contribution >= 4 is 23.3 Å². The SMILES string of the molecule is COc1c(Cl)cccc1C1=CCN(C(=O)OC(C)(C)C)CC1. The van der Waals surface area contributed by atoms with Gasteiger partial charge in [-0.3, -0.25) is 0 Å². The van der Waals surface area contributed by atoms with Crippen molar-refractivity contribution in [2.75, 3.05) is 20.2 Å². The van der Waals surface area contributed by atoms with Crippen LogP contribution in [0.25, 0.3) is 5.57 Å². The highest BCUT2D eigenvalue weighted by molar-refractivity contribution is 6.32.